The molecule has 0 N–H and O–H groups in total. The molecule has 142 valence electrons. The highest BCUT2D eigenvalue weighted by atomic mass is 16.5. The molecule has 1 heterocycles. The van der Waals surface area contributed by atoms with E-state index >= 15 is 0 Å². The SMILES string of the molecule is CCC(=O)N1CCCC(C(=O)OCC(=O)c2cc(CC)ccc2CC)C1. The average Bonchev–Trinajstić information content (AvgIpc) is 2.70. The number of nitrogens with zero attached hydrogens (tertiary/aromatic N) is 1. The van der Waals surface area contributed by atoms with Crippen LogP contribution < -0.4 is 0 Å². The van der Waals surface area contributed by atoms with Crippen molar-refractivity contribution in [2.45, 2.75) is 52.9 Å². The van der Waals surface area contributed by atoms with Gasteiger partial charge in [0.1, 0.15) is 0 Å². The molecule has 0 aromatic heterocycles. The van der Waals surface area contributed by atoms with Gasteiger partial charge in [0.05, 0.1) is 5.92 Å². The first kappa shape index (κ1) is 20.1. The van der Waals surface area contributed by atoms with Gasteiger partial charge in [0.15, 0.2) is 6.61 Å². The van der Waals surface area contributed by atoms with Gasteiger partial charge in [-0.05, 0) is 42.9 Å². The van der Waals surface area contributed by atoms with E-state index in [1.807, 2.05) is 39.0 Å². The van der Waals surface area contributed by atoms with Crippen LogP contribution in [0.2, 0.25) is 0 Å². The number of Topliss-reactive ketones (excluding diaryl/α,β-unsaturated/α-hetero) is 1. The highest BCUT2D eigenvalue weighted by Gasteiger charge is 2.29. The van der Waals surface area contributed by atoms with Gasteiger partial charge >= 0.3 is 5.97 Å². The van der Waals surface area contributed by atoms with E-state index in [9.17, 15) is 14.4 Å². The summed E-state index contributed by atoms with van der Waals surface area (Å²) in [7, 11) is 0. The second kappa shape index (κ2) is 9.51. The van der Waals surface area contributed by atoms with Crippen molar-refractivity contribution in [2.75, 3.05) is 19.7 Å². The molecule has 1 aliphatic rings. The Hall–Kier alpha value is -2.17. The monoisotopic (exact) mass is 359 g/mol. The van der Waals surface area contributed by atoms with Gasteiger partial charge in [-0.25, -0.2) is 0 Å². The van der Waals surface area contributed by atoms with Crippen LogP contribution >= 0.6 is 0 Å². The molecule has 0 radical (unpaired) electrons. The molecular formula is C21H29NO4. The van der Waals surface area contributed by atoms with Crippen LogP contribution in [0.1, 0.15) is 61.5 Å². The van der Waals surface area contributed by atoms with Crippen LogP contribution in [0.4, 0.5) is 0 Å². The van der Waals surface area contributed by atoms with Crippen molar-refractivity contribution in [2.24, 2.45) is 5.92 Å². The lowest BCUT2D eigenvalue weighted by molar-refractivity contribution is -0.150. The lowest BCUT2D eigenvalue weighted by Gasteiger charge is -2.31. The fourth-order valence-corrected chi connectivity index (χ4v) is 3.36. The molecular weight excluding hydrogens is 330 g/mol. The minimum absolute atomic E-state index is 0.0579. The number of hydrogen-bond donors (Lipinski definition) is 0. The Morgan fingerprint density at radius 2 is 1.92 bits per heavy atom. The molecule has 1 unspecified atom stereocenters. The summed E-state index contributed by atoms with van der Waals surface area (Å²) in [6.45, 7) is 6.72. The maximum Gasteiger partial charge on any atom is 0.311 e. The number of piperidine rings is 1. The molecule has 1 aliphatic heterocycles. The number of amides is 1. The molecule has 2 rings (SSSR count). The maximum atomic E-state index is 12.6. The third-order valence-electron chi connectivity index (χ3n) is 5.02. The zero-order chi connectivity index (χ0) is 19.1. The first-order valence-electron chi connectivity index (χ1n) is 9.59. The predicted octanol–water partition coefficient (Wildman–Crippen LogP) is 3.19. The summed E-state index contributed by atoms with van der Waals surface area (Å²) in [5.74, 6) is -0.818. The van der Waals surface area contributed by atoms with Crippen LogP contribution in [-0.4, -0.2) is 42.3 Å². The number of benzene rings is 1. The fraction of sp³-hybridized carbons (Fsp3) is 0.571. The summed E-state index contributed by atoms with van der Waals surface area (Å²) in [6, 6.07) is 5.91. The fourth-order valence-electron chi connectivity index (χ4n) is 3.36. The molecule has 1 aromatic rings. The molecule has 1 aromatic carbocycles. The minimum Gasteiger partial charge on any atom is -0.457 e. The maximum absolute atomic E-state index is 12.6. The molecule has 1 amide bonds. The van der Waals surface area contributed by atoms with Gasteiger partial charge in [-0.3, -0.25) is 14.4 Å². The average molecular weight is 359 g/mol. The molecule has 1 saturated heterocycles. The van der Waals surface area contributed by atoms with Crippen LogP contribution in [0.3, 0.4) is 0 Å². The summed E-state index contributed by atoms with van der Waals surface area (Å²) in [5, 5.41) is 0. The van der Waals surface area contributed by atoms with Gasteiger partial charge in [-0.1, -0.05) is 32.9 Å². The molecule has 0 aliphatic carbocycles. The number of hydrogen-bond acceptors (Lipinski definition) is 4. The van der Waals surface area contributed by atoms with Crippen LogP contribution in [0, 0.1) is 5.92 Å². The first-order chi connectivity index (χ1) is 12.5. The van der Waals surface area contributed by atoms with Crippen molar-refractivity contribution in [3.05, 3.63) is 34.9 Å². The molecule has 1 atom stereocenters. The predicted molar refractivity (Wildman–Crippen MR) is 100 cm³/mol. The molecule has 26 heavy (non-hydrogen) atoms. The Balaban J connectivity index is 1.96. The quantitative estimate of drug-likeness (QED) is 0.554. The van der Waals surface area contributed by atoms with E-state index in [2.05, 4.69) is 0 Å². The zero-order valence-corrected chi connectivity index (χ0v) is 16.0. The summed E-state index contributed by atoms with van der Waals surface area (Å²) >= 11 is 0. The van der Waals surface area contributed by atoms with Crippen LogP contribution in [0.25, 0.3) is 0 Å². The lowest BCUT2D eigenvalue weighted by atomic mass is 9.97. The van der Waals surface area contributed by atoms with E-state index < -0.39 is 0 Å². The number of ether oxygens (including phenoxy) is 1. The Bertz CT molecular complexity index is 668. The van der Waals surface area contributed by atoms with Crippen molar-refractivity contribution >= 4 is 17.7 Å². The minimum atomic E-state index is -0.378. The zero-order valence-electron chi connectivity index (χ0n) is 16.0. The topological polar surface area (TPSA) is 63.7 Å². The lowest BCUT2D eigenvalue weighted by Crippen LogP contribution is -2.42. The number of likely N-dealkylation sites (tertiary alicyclic amines) is 1. The number of ketones is 1. The summed E-state index contributed by atoms with van der Waals surface area (Å²) in [6.07, 6.45) is 3.54. The summed E-state index contributed by atoms with van der Waals surface area (Å²) in [4.78, 5) is 38.5. The van der Waals surface area contributed by atoms with Crippen molar-refractivity contribution in [1.82, 2.24) is 4.90 Å². The van der Waals surface area contributed by atoms with E-state index in [1.165, 1.54) is 0 Å². The largest absolute Gasteiger partial charge is 0.457 e. The molecule has 0 spiro atoms. The van der Waals surface area contributed by atoms with E-state index in [0.29, 0.717) is 31.5 Å². The molecule has 1 fully saturated rings. The molecule has 5 heteroatoms. The number of carbonyl (C=O) groups is 3. The Morgan fingerprint density at radius 3 is 2.58 bits per heavy atom. The smallest absolute Gasteiger partial charge is 0.311 e. The van der Waals surface area contributed by atoms with Gasteiger partial charge in [-0.15, -0.1) is 0 Å². The second-order valence-electron chi connectivity index (χ2n) is 6.76. The molecule has 0 saturated carbocycles. The highest BCUT2D eigenvalue weighted by molar-refractivity contribution is 5.99. The molecule has 0 bridgehead atoms. The number of carbonyl (C=O) groups excluding carboxylic acids is 3. The Labute approximate surface area is 155 Å². The van der Waals surface area contributed by atoms with Crippen LogP contribution in [0.5, 0.6) is 0 Å². The third-order valence-corrected chi connectivity index (χ3v) is 5.02. The normalized spacial score (nSPS) is 17.0. The van der Waals surface area contributed by atoms with Crippen LogP contribution in [0.15, 0.2) is 18.2 Å². The highest BCUT2D eigenvalue weighted by Crippen LogP contribution is 2.19. The number of aryl methyl sites for hydroxylation is 2. The summed E-state index contributed by atoms with van der Waals surface area (Å²) < 4.78 is 5.31. The molecule has 5 nitrogen and oxygen atoms in total. The van der Waals surface area contributed by atoms with Crippen LogP contribution in [-0.2, 0) is 27.2 Å². The van der Waals surface area contributed by atoms with Gasteiger partial charge in [-0.2, -0.15) is 0 Å². The van der Waals surface area contributed by atoms with Crippen molar-refractivity contribution < 1.29 is 19.1 Å². The van der Waals surface area contributed by atoms with E-state index in [0.717, 1.165) is 30.4 Å². The van der Waals surface area contributed by atoms with E-state index in [-0.39, 0.29) is 30.2 Å². The Morgan fingerprint density at radius 1 is 1.15 bits per heavy atom. The summed E-state index contributed by atoms with van der Waals surface area (Å²) in [5.41, 5.74) is 2.71. The second-order valence-corrected chi connectivity index (χ2v) is 6.76. The van der Waals surface area contributed by atoms with Gasteiger partial charge in [0.2, 0.25) is 11.7 Å². The van der Waals surface area contributed by atoms with E-state index in [1.54, 1.807) is 4.90 Å². The van der Waals surface area contributed by atoms with Crippen molar-refractivity contribution in [3.63, 3.8) is 0 Å². The first-order valence-corrected chi connectivity index (χ1v) is 9.59. The van der Waals surface area contributed by atoms with Gasteiger partial charge < -0.3 is 9.64 Å². The van der Waals surface area contributed by atoms with Crippen molar-refractivity contribution in [1.29, 1.82) is 0 Å². The van der Waals surface area contributed by atoms with Gasteiger partial charge in [0.25, 0.3) is 0 Å². The van der Waals surface area contributed by atoms with Crippen molar-refractivity contribution in [3.8, 4) is 0 Å². The number of esters is 1. The number of rotatable bonds is 7. The Kier molecular flexibility index (Phi) is 7.37. The van der Waals surface area contributed by atoms with Gasteiger partial charge in [0, 0.05) is 25.1 Å². The third kappa shape index (κ3) is 4.93. The van der Waals surface area contributed by atoms with E-state index in [4.69, 9.17) is 4.74 Å². The standard InChI is InChI=1S/C21H29NO4/c1-4-15-9-10-16(5-2)18(12-15)19(23)14-26-21(25)17-8-7-11-22(13-17)20(24)6-3/h9-10,12,17H,4-8,11,13-14H2,1-3H3.